The summed E-state index contributed by atoms with van der Waals surface area (Å²) in [5, 5.41) is 0. The third-order valence-corrected chi connectivity index (χ3v) is 15.3. The molecule has 0 amide bonds. The number of hydrogen-bond donors (Lipinski definition) is 2. The van der Waals surface area contributed by atoms with Crippen molar-refractivity contribution in [2.45, 2.75) is 302 Å². The molecule has 0 aromatic carbocycles. The highest BCUT2D eigenvalue weighted by atomic mass is 31.2. The summed E-state index contributed by atoms with van der Waals surface area (Å²) < 4.78 is 33.1. The number of nitrogens with two attached hydrogens (primary N) is 1. The van der Waals surface area contributed by atoms with Crippen molar-refractivity contribution in [3.05, 3.63) is 122 Å². The first-order valence-electron chi connectivity index (χ1n) is 34.0. The monoisotopic (exact) mass is 1180 g/mol. The Kier molecular flexibility index (Phi) is 64.6. The van der Waals surface area contributed by atoms with Gasteiger partial charge in [0.15, 0.2) is 6.10 Å². The Morgan fingerprint density at radius 2 is 0.663 bits per heavy atom. The van der Waals surface area contributed by atoms with Gasteiger partial charge >= 0.3 is 19.8 Å². The highest BCUT2D eigenvalue weighted by molar-refractivity contribution is 7.47. The van der Waals surface area contributed by atoms with Crippen LogP contribution in [0, 0.1) is 0 Å². The van der Waals surface area contributed by atoms with E-state index in [9.17, 15) is 19.0 Å². The summed E-state index contributed by atoms with van der Waals surface area (Å²) in [4.78, 5) is 35.3. The van der Waals surface area contributed by atoms with Gasteiger partial charge in [-0.2, -0.15) is 0 Å². The van der Waals surface area contributed by atoms with Gasteiger partial charge in [-0.3, -0.25) is 18.6 Å². The van der Waals surface area contributed by atoms with Gasteiger partial charge in [0.2, 0.25) is 0 Å². The molecule has 10 heteroatoms. The Morgan fingerprint density at radius 1 is 0.373 bits per heavy atom. The second-order valence-electron chi connectivity index (χ2n) is 22.3. The molecule has 2 atom stereocenters. The molecule has 0 bridgehead atoms. The van der Waals surface area contributed by atoms with E-state index in [2.05, 4.69) is 135 Å². The molecule has 0 aromatic rings. The van der Waals surface area contributed by atoms with E-state index in [1.54, 1.807) is 0 Å². The van der Waals surface area contributed by atoms with Crippen LogP contribution in [0.25, 0.3) is 0 Å². The number of esters is 2. The van der Waals surface area contributed by atoms with Gasteiger partial charge in [0.25, 0.3) is 0 Å². The Labute approximate surface area is 511 Å². The molecule has 0 spiro atoms. The zero-order chi connectivity index (χ0) is 60.1. The van der Waals surface area contributed by atoms with Crippen LogP contribution in [0.5, 0.6) is 0 Å². The summed E-state index contributed by atoms with van der Waals surface area (Å²) in [7, 11) is -4.40. The largest absolute Gasteiger partial charge is 0.472 e. The van der Waals surface area contributed by atoms with E-state index < -0.39 is 26.5 Å². The van der Waals surface area contributed by atoms with Gasteiger partial charge in [0, 0.05) is 19.4 Å². The quantitative estimate of drug-likeness (QED) is 0.0264. The SMILES string of the molecule is CC/C=C\C/C=C\C/C=C\C/C=C\C/C=C\C/C=C\C/C=C\C/C=C\CCCCCCCCCCCCCCCCCCC(=O)OC(COC(=O)CCCCCCCCCCC/C=C\C/C=C\CCCCCCC)COP(=O)(O)OCCN. The number of phosphoric acid groups is 1. The number of phosphoric ester groups is 1. The lowest BCUT2D eigenvalue weighted by Gasteiger charge is -2.19. The molecule has 0 heterocycles. The molecular formula is C73H126NO8P. The van der Waals surface area contributed by atoms with E-state index in [0.717, 1.165) is 103 Å². The number of rotatable bonds is 63. The van der Waals surface area contributed by atoms with Gasteiger partial charge in [-0.25, -0.2) is 4.57 Å². The summed E-state index contributed by atoms with van der Waals surface area (Å²) in [6.45, 7) is 3.63. The molecule has 0 aromatic heterocycles. The number of carbonyl (C=O) groups is 2. The molecular weight excluding hydrogens is 1050 g/mol. The fraction of sp³-hybridized carbons (Fsp3) is 0.699. The van der Waals surface area contributed by atoms with Crippen molar-refractivity contribution in [3.8, 4) is 0 Å². The predicted molar refractivity (Wildman–Crippen MR) is 358 cm³/mol. The molecule has 0 saturated heterocycles. The third-order valence-electron chi connectivity index (χ3n) is 14.3. The van der Waals surface area contributed by atoms with E-state index in [1.807, 2.05) is 0 Å². The average Bonchev–Trinajstić information content (AvgIpc) is 3.49. The minimum Gasteiger partial charge on any atom is -0.462 e. The zero-order valence-corrected chi connectivity index (χ0v) is 54.3. The molecule has 0 rings (SSSR count). The molecule has 0 aliphatic rings. The van der Waals surface area contributed by atoms with Crippen molar-refractivity contribution in [3.63, 3.8) is 0 Å². The van der Waals surface area contributed by atoms with Crippen molar-refractivity contribution < 1.29 is 37.6 Å². The fourth-order valence-corrected chi connectivity index (χ4v) is 10.1. The molecule has 2 unspecified atom stereocenters. The molecule has 83 heavy (non-hydrogen) atoms. The van der Waals surface area contributed by atoms with Crippen LogP contribution in [0.3, 0.4) is 0 Å². The molecule has 0 aliphatic carbocycles. The molecule has 0 aliphatic heterocycles. The van der Waals surface area contributed by atoms with E-state index in [4.69, 9.17) is 24.3 Å². The summed E-state index contributed by atoms with van der Waals surface area (Å²) in [5.74, 6) is -0.828. The summed E-state index contributed by atoms with van der Waals surface area (Å²) in [6.07, 6.45) is 94.2. The number of allylic oxidation sites excluding steroid dienone is 20. The van der Waals surface area contributed by atoms with E-state index >= 15 is 0 Å². The van der Waals surface area contributed by atoms with Crippen molar-refractivity contribution in [2.75, 3.05) is 26.4 Å². The van der Waals surface area contributed by atoms with E-state index in [-0.39, 0.29) is 38.6 Å². The van der Waals surface area contributed by atoms with Crippen LogP contribution < -0.4 is 5.73 Å². The fourth-order valence-electron chi connectivity index (χ4n) is 9.33. The molecule has 476 valence electrons. The smallest absolute Gasteiger partial charge is 0.462 e. The maximum absolute atomic E-state index is 12.8. The second-order valence-corrected chi connectivity index (χ2v) is 23.8. The topological polar surface area (TPSA) is 134 Å². The average molecular weight is 1180 g/mol. The van der Waals surface area contributed by atoms with Gasteiger partial charge in [0.05, 0.1) is 13.2 Å². The number of carbonyl (C=O) groups excluding carboxylic acids is 2. The normalized spacial score (nSPS) is 13.7. The Balaban J connectivity index is 3.88. The first-order valence-corrected chi connectivity index (χ1v) is 35.5. The second kappa shape index (κ2) is 67.5. The summed E-state index contributed by atoms with van der Waals surface area (Å²) >= 11 is 0. The van der Waals surface area contributed by atoms with Crippen LogP contribution in [0.2, 0.25) is 0 Å². The van der Waals surface area contributed by atoms with Crippen molar-refractivity contribution >= 4 is 19.8 Å². The maximum atomic E-state index is 12.8. The molecule has 3 N–H and O–H groups in total. The van der Waals surface area contributed by atoms with Crippen LogP contribution in [-0.2, 0) is 32.7 Å². The highest BCUT2D eigenvalue weighted by Gasteiger charge is 2.26. The molecule has 0 radical (unpaired) electrons. The van der Waals surface area contributed by atoms with Crippen molar-refractivity contribution in [1.29, 1.82) is 0 Å². The highest BCUT2D eigenvalue weighted by Crippen LogP contribution is 2.43. The first kappa shape index (κ1) is 79.4. The van der Waals surface area contributed by atoms with Gasteiger partial charge in [0.1, 0.15) is 6.61 Å². The maximum Gasteiger partial charge on any atom is 0.472 e. The number of unbranched alkanes of at least 4 members (excludes halogenated alkanes) is 30. The molecule has 0 fully saturated rings. The lowest BCUT2D eigenvalue weighted by atomic mass is 10.0. The van der Waals surface area contributed by atoms with Crippen LogP contribution in [0.1, 0.15) is 296 Å². The van der Waals surface area contributed by atoms with E-state index in [1.165, 1.54) is 161 Å². The lowest BCUT2D eigenvalue weighted by Crippen LogP contribution is -2.29. The van der Waals surface area contributed by atoms with Crippen molar-refractivity contribution in [2.24, 2.45) is 5.73 Å². The summed E-state index contributed by atoms with van der Waals surface area (Å²) in [5.41, 5.74) is 5.40. The number of hydrogen-bond acceptors (Lipinski definition) is 8. The van der Waals surface area contributed by atoms with Crippen LogP contribution >= 0.6 is 7.82 Å². The summed E-state index contributed by atoms with van der Waals surface area (Å²) in [6, 6.07) is 0. The van der Waals surface area contributed by atoms with Crippen LogP contribution in [-0.4, -0.2) is 49.3 Å². The van der Waals surface area contributed by atoms with Crippen molar-refractivity contribution in [1.82, 2.24) is 0 Å². The van der Waals surface area contributed by atoms with Gasteiger partial charge in [-0.05, 0) is 109 Å². The Hall–Kier alpha value is -3.59. The first-order chi connectivity index (χ1) is 40.8. The number of ether oxygens (including phenoxy) is 2. The predicted octanol–water partition coefficient (Wildman–Crippen LogP) is 22.3. The lowest BCUT2D eigenvalue weighted by molar-refractivity contribution is -0.161. The zero-order valence-electron chi connectivity index (χ0n) is 53.4. The molecule has 0 saturated carbocycles. The Bertz CT molecular complexity index is 1770. The van der Waals surface area contributed by atoms with Crippen LogP contribution in [0.4, 0.5) is 0 Å². The Morgan fingerprint density at radius 3 is 0.988 bits per heavy atom. The minimum absolute atomic E-state index is 0.0495. The molecule has 9 nitrogen and oxygen atoms in total. The standard InChI is InChI=1S/C73H126NO8P/c1-3-5-7-9-11-13-15-17-19-21-23-25-26-27-28-29-30-31-32-33-34-35-36-37-38-39-40-41-42-43-44-46-48-50-52-54-56-58-60-62-64-66-73(76)82-71(70-81-83(77,78)80-68-67-74)69-79-72(75)65-63-61-59-57-55-53-51-49-47-45-24-22-20-18-16-14-12-10-8-6-4-2/h5,7,11,13,16-19,22-25,27-28,30-31,33-34,36-37,71H,3-4,6,8-10,12,14-15,20-21,26,29,32,35,38-70,74H2,1-2H3,(H,77,78)/b7-5-,13-11-,18-16-,19-17-,24-22-,25-23-,28-27-,31-30-,34-33-,37-36-. The van der Waals surface area contributed by atoms with E-state index in [0.29, 0.717) is 6.42 Å². The van der Waals surface area contributed by atoms with Gasteiger partial charge in [-0.15, -0.1) is 0 Å². The minimum atomic E-state index is -4.40. The van der Waals surface area contributed by atoms with Gasteiger partial charge in [-0.1, -0.05) is 296 Å². The van der Waals surface area contributed by atoms with Crippen LogP contribution in [0.15, 0.2) is 122 Å². The van der Waals surface area contributed by atoms with Gasteiger partial charge < -0.3 is 20.1 Å². The third kappa shape index (κ3) is 67.4.